The average molecular weight is 695 g/mol. The molecule has 0 atom stereocenters. The molecular formula is C34H47ClN10O4. The van der Waals surface area contributed by atoms with Crippen LogP contribution in [0.5, 0.6) is 0 Å². The Morgan fingerprint density at radius 1 is 0.653 bits per heavy atom. The Morgan fingerprint density at radius 3 is 1.57 bits per heavy atom. The highest BCUT2D eigenvalue weighted by molar-refractivity contribution is 6.29. The quantitative estimate of drug-likeness (QED) is 0.0929. The van der Waals surface area contributed by atoms with Gasteiger partial charge in [-0.3, -0.25) is 0 Å². The van der Waals surface area contributed by atoms with Crippen molar-refractivity contribution in [1.82, 2.24) is 19.9 Å². The van der Waals surface area contributed by atoms with Crippen molar-refractivity contribution in [3.63, 3.8) is 0 Å². The second kappa shape index (κ2) is 21.6. The topological polar surface area (TPSA) is 179 Å². The van der Waals surface area contributed by atoms with Gasteiger partial charge >= 0.3 is 0 Å². The minimum atomic E-state index is 0.165. The third-order valence-electron chi connectivity index (χ3n) is 7.34. The Hall–Kier alpha value is -4.31. The number of hydrogen-bond donors (Lipinski definition) is 6. The van der Waals surface area contributed by atoms with Crippen LogP contribution in [0.1, 0.15) is 12.8 Å². The van der Waals surface area contributed by atoms with Crippen LogP contribution < -0.4 is 31.5 Å². The lowest BCUT2D eigenvalue weighted by atomic mass is 10.2. The van der Waals surface area contributed by atoms with Crippen molar-refractivity contribution in [2.24, 2.45) is 5.73 Å². The van der Waals surface area contributed by atoms with Crippen molar-refractivity contribution in [3.8, 4) is 0 Å². The number of benzene rings is 2. The molecule has 2 saturated heterocycles. The fraction of sp³-hybridized carbons (Fsp3) is 0.412. The van der Waals surface area contributed by atoms with Gasteiger partial charge in [0.15, 0.2) is 0 Å². The summed E-state index contributed by atoms with van der Waals surface area (Å²) in [6.07, 6.45) is 4.37. The molecular weight excluding hydrogens is 648 g/mol. The number of ether oxygens (including phenoxy) is 2. The van der Waals surface area contributed by atoms with Crippen molar-refractivity contribution in [1.29, 1.82) is 0 Å². The number of rotatable bonds is 12. The Morgan fingerprint density at radius 2 is 1.12 bits per heavy atom. The number of anilines is 7. The molecule has 0 spiro atoms. The van der Waals surface area contributed by atoms with E-state index in [9.17, 15) is 0 Å². The van der Waals surface area contributed by atoms with E-state index in [-0.39, 0.29) is 13.2 Å². The van der Waals surface area contributed by atoms with Crippen LogP contribution in [-0.4, -0.2) is 109 Å². The standard InChI is InChI=1S/C17H23N5O2.C14H15ClN4O.C3H9NO/c23-9-1-6-18-16-12-17(20-13-19-16)21-14-2-4-15(5-3-14)22-7-10-24-11-8-22;15-13-9-14(17-10-16-13)18-11-1-3-12(4-2-11)19-5-7-20-8-6-19;4-2-1-3-5/h2-5,12-13,23H,1,6-11H2,(H2,18,19,20,21);1-4,9-10H,5-8H2,(H,16,17,18);5H,1-4H2. The second-order valence-electron chi connectivity index (χ2n) is 10.9. The molecule has 4 heterocycles. The predicted molar refractivity (Wildman–Crippen MR) is 196 cm³/mol. The highest BCUT2D eigenvalue weighted by atomic mass is 35.5. The fourth-order valence-electron chi connectivity index (χ4n) is 4.76. The van der Waals surface area contributed by atoms with Gasteiger partial charge < -0.3 is 51.2 Å². The minimum absolute atomic E-state index is 0.165. The van der Waals surface area contributed by atoms with Gasteiger partial charge in [0.05, 0.1) is 26.4 Å². The van der Waals surface area contributed by atoms with Gasteiger partial charge in [0, 0.05) is 80.8 Å². The van der Waals surface area contributed by atoms with Crippen molar-refractivity contribution >= 4 is 51.8 Å². The molecule has 2 fully saturated rings. The summed E-state index contributed by atoms with van der Waals surface area (Å²) in [7, 11) is 0. The lowest BCUT2D eigenvalue weighted by molar-refractivity contribution is 0.122. The molecule has 264 valence electrons. The van der Waals surface area contributed by atoms with Gasteiger partial charge in [-0.25, -0.2) is 19.9 Å². The Kier molecular flexibility index (Phi) is 16.5. The van der Waals surface area contributed by atoms with Gasteiger partial charge in [-0.15, -0.1) is 0 Å². The molecule has 15 heteroatoms. The van der Waals surface area contributed by atoms with Crippen LogP contribution in [-0.2, 0) is 9.47 Å². The lowest BCUT2D eigenvalue weighted by Crippen LogP contribution is -2.36. The van der Waals surface area contributed by atoms with Crippen LogP contribution in [0.25, 0.3) is 0 Å². The highest BCUT2D eigenvalue weighted by Crippen LogP contribution is 2.23. The third kappa shape index (κ3) is 13.6. The zero-order valence-corrected chi connectivity index (χ0v) is 28.4. The van der Waals surface area contributed by atoms with E-state index >= 15 is 0 Å². The van der Waals surface area contributed by atoms with Crippen molar-refractivity contribution in [2.75, 3.05) is 105 Å². The van der Waals surface area contributed by atoms with Gasteiger partial charge in [0.1, 0.15) is 35.3 Å². The first kappa shape index (κ1) is 37.5. The van der Waals surface area contributed by atoms with Gasteiger partial charge in [-0.2, -0.15) is 0 Å². The van der Waals surface area contributed by atoms with Gasteiger partial charge in [0.25, 0.3) is 0 Å². The summed E-state index contributed by atoms with van der Waals surface area (Å²) in [5, 5.41) is 26.9. The molecule has 7 N–H and O–H groups in total. The van der Waals surface area contributed by atoms with Gasteiger partial charge in [-0.05, 0) is 67.9 Å². The normalized spacial score (nSPS) is 14.1. The van der Waals surface area contributed by atoms with Crippen LogP contribution in [0.4, 0.5) is 40.2 Å². The number of nitrogens with zero attached hydrogens (tertiary/aromatic N) is 6. The monoisotopic (exact) mass is 694 g/mol. The molecule has 0 unspecified atom stereocenters. The number of aliphatic hydroxyl groups excluding tert-OH is 2. The number of morpholine rings is 2. The Balaban J connectivity index is 0.000000197. The smallest absolute Gasteiger partial charge is 0.135 e. The average Bonchev–Trinajstić information content (AvgIpc) is 3.14. The van der Waals surface area contributed by atoms with E-state index in [0.717, 1.165) is 82.0 Å². The van der Waals surface area contributed by atoms with Crippen LogP contribution in [0.2, 0.25) is 5.15 Å². The molecule has 6 rings (SSSR count). The molecule has 0 saturated carbocycles. The van der Waals surface area contributed by atoms with E-state index in [1.165, 1.54) is 24.0 Å². The summed E-state index contributed by atoms with van der Waals surface area (Å²) in [5.74, 6) is 2.16. The summed E-state index contributed by atoms with van der Waals surface area (Å²) in [5.41, 5.74) is 9.34. The summed E-state index contributed by atoms with van der Waals surface area (Å²) >= 11 is 5.83. The molecule has 0 radical (unpaired) electrons. The fourth-order valence-corrected chi connectivity index (χ4v) is 4.91. The number of halogens is 1. The molecule has 2 aliphatic heterocycles. The summed E-state index contributed by atoms with van der Waals surface area (Å²) < 4.78 is 10.7. The van der Waals surface area contributed by atoms with Crippen LogP contribution in [0.15, 0.2) is 73.3 Å². The van der Waals surface area contributed by atoms with Crippen LogP contribution in [0.3, 0.4) is 0 Å². The van der Waals surface area contributed by atoms with Crippen molar-refractivity contribution < 1.29 is 19.7 Å². The van der Waals surface area contributed by atoms with E-state index in [2.05, 4.69) is 70.0 Å². The second-order valence-corrected chi connectivity index (χ2v) is 11.3. The minimum Gasteiger partial charge on any atom is -0.396 e. The third-order valence-corrected chi connectivity index (χ3v) is 7.54. The zero-order valence-electron chi connectivity index (χ0n) is 27.7. The van der Waals surface area contributed by atoms with E-state index in [1.807, 2.05) is 30.3 Å². The van der Waals surface area contributed by atoms with E-state index in [1.54, 1.807) is 6.07 Å². The summed E-state index contributed by atoms with van der Waals surface area (Å²) in [4.78, 5) is 21.0. The molecule has 0 amide bonds. The van der Waals surface area contributed by atoms with Crippen LogP contribution >= 0.6 is 11.6 Å². The zero-order chi connectivity index (χ0) is 34.5. The molecule has 4 aromatic rings. The van der Waals surface area contributed by atoms with Crippen molar-refractivity contribution in [2.45, 2.75) is 12.8 Å². The largest absolute Gasteiger partial charge is 0.396 e. The Labute approximate surface area is 292 Å². The van der Waals surface area contributed by atoms with Crippen LogP contribution in [0, 0.1) is 0 Å². The number of nitrogens with one attached hydrogen (secondary N) is 3. The van der Waals surface area contributed by atoms with E-state index < -0.39 is 0 Å². The highest BCUT2D eigenvalue weighted by Gasteiger charge is 2.12. The number of aromatic nitrogens is 4. The molecule has 2 aromatic heterocycles. The number of aliphatic hydroxyl groups is 2. The van der Waals surface area contributed by atoms with E-state index in [0.29, 0.717) is 30.5 Å². The lowest BCUT2D eigenvalue weighted by Gasteiger charge is -2.28. The first-order chi connectivity index (χ1) is 24.1. The molecule has 0 bridgehead atoms. The SMILES string of the molecule is Clc1cc(Nc2ccc(N3CCOCC3)cc2)ncn1.NCCCO.OCCCNc1cc(Nc2ccc(N3CCOCC3)cc2)ncn1. The first-order valence-corrected chi connectivity index (χ1v) is 16.8. The first-order valence-electron chi connectivity index (χ1n) is 16.4. The maximum atomic E-state index is 8.81. The van der Waals surface area contributed by atoms with Gasteiger partial charge in [-0.1, -0.05) is 11.6 Å². The molecule has 14 nitrogen and oxygen atoms in total. The molecule has 0 aliphatic carbocycles. The molecule has 2 aromatic carbocycles. The number of hydrogen-bond acceptors (Lipinski definition) is 14. The number of nitrogens with two attached hydrogens (primary N) is 1. The molecule has 2 aliphatic rings. The maximum absolute atomic E-state index is 8.81. The molecule has 49 heavy (non-hydrogen) atoms. The van der Waals surface area contributed by atoms with Gasteiger partial charge in [0.2, 0.25) is 0 Å². The Bertz CT molecular complexity index is 1470. The summed E-state index contributed by atoms with van der Waals surface area (Å²) in [6.45, 7) is 8.55. The predicted octanol–water partition coefficient (Wildman–Crippen LogP) is 3.89. The van der Waals surface area contributed by atoms with E-state index in [4.69, 9.17) is 37.0 Å². The maximum Gasteiger partial charge on any atom is 0.135 e. The van der Waals surface area contributed by atoms with Crippen molar-refractivity contribution in [3.05, 3.63) is 78.5 Å². The summed E-state index contributed by atoms with van der Waals surface area (Å²) in [6, 6.07) is 20.1.